The van der Waals surface area contributed by atoms with E-state index in [1.165, 1.54) is 45.4 Å². The van der Waals surface area contributed by atoms with Crippen LogP contribution in [0.15, 0.2) is 0 Å². The van der Waals surface area contributed by atoms with Crippen LogP contribution < -0.4 is 5.73 Å². The van der Waals surface area contributed by atoms with Gasteiger partial charge in [-0.1, -0.05) is 0 Å². The van der Waals surface area contributed by atoms with E-state index in [0.29, 0.717) is 12.1 Å². The third-order valence-corrected chi connectivity index (χ3v) is 4.75. The summed E-state index contributed by atoms with van der Waals surface area (Å²) in [4.78, 5) is 5.31. The molecule has 17 heavy (non-hydrogen) atoms. The van der Waals surface area contributed by atoms with Gasteiger partial charge in [-0.15, -0.1) is 0 Å². The lowest BCUT2D eigenvalue weighted by molar-refractivity contribution is 0.104. The molecule has 2 saturated heterocycles. The lowest BCUT2D eigenvalue weighted by Crippen LogP contribution is -2.46. The fourth-order valence-corrected chi connectivity index (χ4v) is 3.34. The predicted octanol–water partition coefficient (Wildman–Crippen LogP) is 1.53. The van der Waals surface area contributed by atoms with Crippen molar-refractivity contribution in [3.05, 3.63) is 0 Å². The smallest absolute Gasteiger partial charge is 0.0120 e. The molecule has 3 heteroatoms. The number of hydrogen-bond donors (Lipinski definition) is 1. The normalized spacial score (nSPS) is 31.2. The Labute approximate surface area is 106 Å². The number of nitrogens with two attached hydrogens (primary N) is 1. The van der Waals surface area contributed by atoms with Crippen LogP contribution >= 0.6 is 0 Å². The van der Waals surface area contributed by atoms with Crippen LogP contribution in [0.3, 0.4) is 0 Å². The highest BCUT2D eigenvalue weighted by Crippen LogP contribution is 2.26. The summed E-state index contributed by atoms with van der Waals surface area (Å²) in [5, 5.41) is 0. The lowest BCUT2D eigenvalue weighted by Gasteiger charge is -2.38. The molecule has 2 heterocycles. The molecule has 100 valence electrons. The molecule has 2 unspecified atom stereocenters. The molecule has 0 saturated carbocycles. The number of likely N-dealkylation sites (tertiary alicyclic amines) is 2. The number of nitrogens with zero attached hydrogens (tertiary/aromatic N) is 2. The van der Waals surface area contributed by atoms with Gasteiger partial charge in [0.25, 0.3) is 0 Å². The molecule has 0 aliphatic carbocycles. The zero-order valence-corrected chi connectivity index (χ0v) is 11.7. The first-order valence-electron chi connectivity index (χ1n) is 7.31. The maximum atomic E-state index is 6.02. The molecule has 0 aromatic rings. The van der Waals surface area contributed by atoms with Crippen LogP contribution in [0.2, 0.25) is 0 Å². The standard InChI is InChI=1S/C14H29N3/c1-11(2)16-8-5-14(6-9-16)17-7-4-13(10-17)12(3)15/h11-14H,4-10,15H2,1-3H3. The molecule has 0 amide bonds. The fraction of sp³-hybridized carbons (Fsp3) is 1.00. The third-order valence-electron chi connectivity index (χ3n) is 4.75. The summed E-state index contributed by atoms with van der Waals surface area (Å²) in [6.45, 7) is 11.9. The molecule has 2 N–H and O–H groups in total. The zero-order valence-electron chi connectivity index (χ0n) is 11.7. The molecule has 2 fully saturated rings. The molecule has 0 aromatic carbocycles. The minimum Gasteiger partial charge on any atom is -0.328 e. The Morgan fingerprint density at radius 3 is 2.12 bits per heavy atom. The maximum absolute atomic E-state index is 6.02. The Morgan fingerprint density at radius 2 is 1.65 bits per heavy atom. The summed E-state index contributed by atoms with van der Waals surface area (Å²) in [6.07, 6.45) is 4.01. The molecule has 2 rings (SSSR count). The molecule has 0 aromatic heterocycles. The van der Waals surface area contributed by atoms with Gasteiger partial charge in [0.2, 0.25) is 0 Å². The first kappa shape index (κ1) is 13.3. The van der Waals surface area contributed by atoms with E-state index in [-0.39, 0.29) is 0 Å². The van der Waals surface area contributed by atoms with E-state index in [2.05, 4.69) is 30.6 Å². The summed E-state index contributed by atoms with van der Waals surface area (Å²) < 4.78 is 0. The minimum atomic E-state index is 0.371. The van der Waals surface area contributed by atoms with Gasteiger partial charge < -0.3 is 10.6 Å². The van der Waals surface area contributed by atoms with Gasteiger partial charge >= 0.3 is 0 Å². The summed E-state index contributed by atoms with van der Waals surface area (Å²) in [5.41, 5.74) is 6.02. The van der Waals surface area contributed by atoms with Gasteiger partial charge in [-0.3, -0.25) is 4.90 Å². The topological polar surface area (TPSA) is 32.5 Å². The van der Waals surface area contributed by atoms with Crippen LogP contribution in [0, 0.1) is 5.92 Å². The molecule has 0 spiro atoms. The molecule has 2 aliphatic heterocycles. The van der Waals surface area contributed by atoms with Crippen LogP contribution in [-0.4, -0.2) is 54.1 Å². The van der Waals surface area contributed by atoms with Crippen molar-refractivity contribution >= 4 is 0 Å². The molecule has 0 bridgehead atoms. The van der Waals surface area contributed by atoms with E-state index in [1.54, 1.807) is 0 Å². The SMILES string of the molecule is CC(N)C1CCN(C2CCN(C(C)C)CC2)C1. The van der Waals surface area contributed by atoms with Crippen LogP contribution in [-0.2, 0) is 0 Å². The van der Waals surface area contributed by atoms with Crippen molar-refractivity contribution in [2.75, 3.05) is 26.2 Å². The van der Waals surface area contributed by atoms with Gasteiger partial charge in [-0.25, -0.2) is 0 Å². The molecule has 2 aliphatic rings. The Hall–Kier alpha value is -0.120. The second kappa shape index (κ2) is 5.68. The first-order chi connectivity index (χ1) is 8.08. The van der Waals surface area contributed by atoms with Crippen molar-refractivity contribution in [2.24, 2.45) is 11.7 Å². The van der Waals surface area contributed by atoms with Crippen LogP contribution in [0.25, 0.3) is 0 Å². The number of hydrogen-bond acceptors (Lipinski definition) is 3. The maximum Gasteiger partial charge on any atom is 0.0120 e. The highest BCUT2D eigenvalue weighted by Gasteiger charge is 2.32. The van der Waals surface area contributed by atoms with E-state index >= 15 is 0 Å². The van der Waals surface area contributed by atoms with Gasteiger partial charge in [0.05, 0.1) is 0 Å². The fourth-order valence-electron chi connectivity index (χ4n) is 3.34. The van der Waals surface area contributed by atoms with Crippen LogP contribution in [0.5, 0.6) is 0 Å². The Morgan fingerprint density at radius 1 is 1.00 bits per heavy atom. The molecular weight excluding hydrogens is 210 g/mol. The van der Waals surface area contributed by atoms with Gasteiger partial charge in [0.15, 0.2) is 0 Å². The average Bonchev–Trinajstić information content (AvgIpc) is 2.78. The second-order valence-corrected chi connectivity index (χ2v) is 6.26. The van der Waals surface area contributed by atoms with E-state index < -0.39 is 0 Å². The largest absolute Gasteiger partial charge is 0.328 e. The molecular formula is C14H29N3. The van der Waals surface area contributed by atoms with Crippen molar-refractivity contribution in [1.82, 2.24) is 9.80 Å². The van der Waals surface area contributed by atoms with E-state index in [9.17, 15) is 0 Å². The van der Waals surface area contributed by atoms with Gasteiger partial charge in [-0.2, -0.15) is 0 Å². The summed E-state index contributed by atoms with van der Waals surface area (Å²) in [7, 11) is 0. The van der Waals surface area contributed by atoms with Gasteiger partial charge in [-0.05, 0) is 65.6 Å². The number of rotatable bonds is 3. The zero-order chi connectivity index (χ0) is 12.4. The van der Waals surface area contributed by atoms with Crippen molar-refractivity contribution in [3.8, 4) is 0 Å². The molecule has 3 nitrogen and oxygen atoms in total. The second-order valence-electron chi connectivity index (χ2n) is 6.26. The monoisotopic (exact) mass is 239 g/mol. The summed E-state index contributed by atoms with van der Waals surface area (Å²) >= 11 is 0. The Balaban J connectivity index is 1.78. The first-order valence-corrected chi connectivity index (χ1v) is 7.31. The van der Waals surface area contributed by atoms with Crippen molar-refractivity contribution in [2.45, 2.75) is 58.2 Å². The Kier molecular flexibility index (Phi) is 4.45. The van der Waals surface area contributed by atoms with Gasteiger partial charge in [0.1, 0.15) is 0 Å². The van der Waals surface area contributed by atoms with E-state index in [4.69, 9.17) is 5.73 Å². The van der Waals surface area contributed by atoms with Crippen molar-refractivity contribution in [1.29, 1.82) is 0 Å². The Bertz CT molecular complexity index is 232. The van der Waals surface area contributed by atoms with Crippen molar-refractivity contribution in [3.63, 3.8) is 0 Å². The highest BCUT2D eigenvalue weighted by molar-refractivity contribution is 4.88. The average molecular weight is 239 g/mol. The lowest BCUT2D eigenvalue weighted by atomic mass is 10.0. The van der Waals surface area contributed by atoms with Crippen molar-refractivity contribution < 1.29 is 0 Å². The van der Waals surface area contributed by atoms with E-state index in [0.717, 1.165) is 12.0 Å². The number of piperidine rings is 1. The highest BCUT2D eigenvalue weighted by atomic mass is 15.2. The molecule has 0 radical (unpaired) electrons. The van der Waals surface area contributed by atoms with Crippen LogP contribution in [0.4, 0.5) is 0 Å². The summed E-state index contributed by atoms with van der Waals surface area (Å²) in [5.74, 6) is 0.734. The quantitative estimate of drug-likeness (QED) is 0.810. The van der Waals surface area contributed by atoms with E-state index in [1.807, 2.05) is 0 Å². The molecule has 2 atom stereocenters. The minimum absolute atomic E-state index is 0.371. The third kappa shape index (κ3) is 3.21. The van der Waals surface area contributed by atoms with Crippen LogP contribution in [0.1, 0.15) is 40.0 Å². The van der Waals surface area contributed by atoms with Gasteiger partial charge in [0, 0.05) is 24.7 Å². The predicted molar refractivity (Wildman–Crippen MR) is 73.1 cm³/mol. The summed E-state index contributed by atoms with van der Waals surface area (Å²) in [6, 6.07) is 1.91.